The van der Waals surface area contributed by atoms with Gasteiger partial charge in [-0.05, 0) is 30.5 Å². The molecule has 114 valence electrons. The Labute approximate surface area is 124 Å². The average molecular weight is 277 g/mol. The third-order valence-electron chi connectivity index (χ3n) is 3.69. The van der Waals surface area contributed by atoms with Gasteiger partial charge in [0.1, 0.15) is 5.75 Å². The third-order valence-corrected chi connectivity index (χ3v) is 3.69. The monoisotopic (exact) mass is 277 g/mol. The van der Waals surface area contributed by atoms with Crippen LogP contribution in [-0.2, 0) is 0 Å². The molecule has 0 aromatic heterocycles. The van der Waals surface area contributed by atoms with Crippen LogP contribution in [0.5, 0.6) is 5.75 Å². The van der Waals surface area contributed by atoms with E-state index in [9.17, 15) is 0 Å². The molecule has 0 spiro atoms. The zero-order valence-electron chi connectivity index (χ0n) is 13.2. The van der Waals surface area contributed by atoms with Crippen molar-refractivity contribution < 1.29 is 4.74 Å². The highest BCUT2D eigenvalue weighted by Gasteiger charge is 2.05. The van der Waals surface area contributed by atoms with E-state index in [1.54, 1.807) is 0 Å². The van der Waals surface area contributed by atoms with Crippen LogP contribution in [0.2, 0.25) is 0 Å². The lowest BCUT2D eigenvalue weighted by Crippen LogP contribution is -2.10. The fraction of sp³-hybridized carbons (Fsp3) is 0.667. The highest BCUT2D eigenvalue weighted by Crippen LogP contribution is 2.21. The summed E-state index contributed by atoms with van der Waals surface area (Å²) in [7, 11) is 0. The molecule has 0 fully saturated rings. The summed E-state index contributed by atoms with van der Waals surface area (Å²) >= 11 is 0. The van der Waals surface area contributed by atoms with Gasteiger partial charge in [-0.25, -0.2) is 0 Å². The van der Waals surface area contributed by atoms with E-state index in [2.05, 4.69) is 26.0 Å². The van der Waals surface area contributed by atoms with Crippen molar-refractivity contribution in [3.63, 3.8) is 0 Å². The van der Waals surface area contributed by atoms with Crippen molar-refractivity contribution in [1.82, 2.24) is 0 Å². The van der Waals surface area contributed by atoms with Crippen LogP contribution in [0.4, 0.5) is 0 Å². The van der Waals surface area contributed by atoms with Gasteiger partial charge >= 0.3 is 0 Å². The summed E-state index contributed by atoms with van der Waals surface area (Å²) in [6.45, 7) is 5.22. The van der Waals surface area contributed by atoms with Crippen molar-refractivity contribution in [2.75, 3.05) is 6.61 Å². The molecule has 1 atom stereocenters. The van der Waals surface area contributed by atoms with Gasteiger partial charge in [-0.3, -0.25) is 0 Å². The predicted octanol–water partition coefficient (Wildman–Crippen LogP) is 5.23. The molecule has 1 aromatic rings. The van der Waals surface area contributed by atoms with E-state index >= 15 is 0 Å². The normalized spacial score (nSPS) is 12.3. The van der Waals surface area contributed by atoms with Gasteiger partial charge in [0.05, 0.1) is 6.61 Å². The van der Waals surface area contributed by atoms with Crippen LogP contribution in [0.1, 0.15) is 76.8 Å². The number of benzene rings is 1. The first kappa shape index (κ1) is 17.0. The highest BCUT2D eigenvalue weighted by molar-refractivity contribution is 5.29. The standard InChI is InChI=1S/C18H31NO/c1-3-5-7-8-9-10-18(19)16-11-13-17(14-12-16)20-15-6-4-2/h11-14,18H,3-10,15,19H2,1-2H3. The van der Waals surface area contributed by atoms with E-state index in [0.29, 0.717) is 0 Å². The third kappa shape index (κ3) is 6.95. The summed E-state index contributed by atoms with van der Waals surface area (Å²) in [5, 5.41) is 0. The molecule has 0 heterocycles. The fourth-order valence-electron chi connectivity index (χ4n) is 2.28. The Balaban J connectivity index is 2.27. The molecule has 1 rings (SSSR count). The van der Waals surface area contributed by atoms with E-state index < -0.39 is 0 Å². The van der Waals surface area contributed by atoms with Gasteiger partial charge in [0.15, 0.2) is 0 Å². The molecule has 0 amide bonds. The smallest absolute Gasteiger partial charge is 0.119 e. The second kappa shape index (κ2) is 10.7. The summed E-state index contributed by atoms with van der Waals surface area (Å²) in [6, 6.07) is 8.47. The van der Waals surface area contributed by atoms with Crippen molar-refractivity contribution in [3.8, 4) is 5.75 Å². The van der Waals surface area contributed by atoms with Gasteiger partial charge in [-0.15, -0.1) is 0 Å². The van der Waals surface area contributed by atoms with Gasteiger partial charge in [-0.1, -0.05) is 64.5 Å². The zero-order chi connectivity index (χ0) is 14.6. The maximum absolute atomic E-state index is 6.24. The zero-order valence-corrected chi connectivity index (χ0v) is 13.2. The first-order chi connectivity index (χ1) is 9.77. The predicted molar refractivity (Wildman–Crippen MR) is 87.1 cm³/mol. The molecule has 0 radical (unpaired) electrons. The van der Waals surface area contributed by atoms with Crippen molar-refractivity contribution in [2.45, 2.75) is 71.3 Å². The largest absolute Gasteiger partial charge is 0.494 e. The summed E-state index contributed by atoms with van der Waals surface area (Å²) in [6.07, 6.45) is 9.88. The van der Waals surface area contributed by atoms with Gasteiger partial charge in [0.25, 0.3) is 0 Å². The lowest BCUT2D eigenvalue weighted by Gasteiger charge is -2.13. The van der Waals surface area contributed by atoms with Crippen LogP contribution in [0.25, 0.3) is 0 Å². The maximum atomic E-state index is 6.24. The maximum Gasteiger partial charge on any atom is 0.119 e. The Hall–Kier alpha value is -1.02. The van der Waals surface area contributed by atoms with E-state index in [0.717, 1.165) is 25.2 Å². The van der Waals surface area contributed by atoms with E-state index in [1.165, 1.54) is 44.1 Å². The van der Waals surface area contributed by atoms with Gasteiger partial charge in [-0.2, -0.15) is 0 Å². The summed E-state index contributed by atoms with van der Waals surface area (Å²) < 4.78 is 5.67. The van der Waals surface area contributed by atoms with Crippen LogP contribution in [0.15, 0.2) is 24.3 Å². The molecule has 0 aliphatic heterocycles. The summed E-state index contributed by atoms with van der Waals surface area (Å²) in [4.78, 5) is 0. The SMILES string of the molecule is CCCCCCCC(N)c1ccc(OCCCC)cc1. The molecule has 0 aliphatic rings. The average Bonchev–Trinajstić information content (AvgIpc) is 2.48. The van der Waals surface area contributed by atoms with E-state index in [4.69, 9.17) is 10.5 Å². The summed E-state index contributed by atoms with van der Waals surface area (Å²) in [5.74, 6) is 0.956. The Bertz CT molecular complexity index is 334. The minimum absolute atomic E-state index is 0.168. The topological polar surface area (TPSA) is 35.2 Å². The van der Waals surface area contributed by atoms with Crippen molar-refractivity contribution in [3.05, 3.63) is 29.8 Å². The quantitative estimate of drug-likeness (QED) is 0.562. The minimum atomic E-state index is 0.168. The molecular weight excluding hydrogens is 246 g/mol. The Morgan fingerprint density at radius 1 is 0.900 bits per heavy atom. The first-order valence-corrected chi connectivity index (χ1v) is 8.26. The van der Waals surface area contributed by atoms with Crippen LogP contribution < -0.4 is 10.5 Å². The molecule has 0 saturated heterocycles. The molecule has 0 aliphatic carbocycles. The number of hydrogen-bond donors (Lipinski definition) is 1. The number of unbranched alkanes of at least 4 members (excludes halogenated alkanes) is 5. The van der Waals surface area contributed by atoms with Crippen molar-refractivity contribution in [2.24, 2.45) is 5.73 Å². The fourth-order valence-corrected chi connectivity index (χ4v) is 2.28. The van der Waals surface area contributed by atoms with E-state index in [1.807, 2.05) is 12.1 Å². The minimum Gasteiger partial charge on any atom is -0.494 e. The Morgan fingerprint density at radius 3 is 2.20 bits per heavy atom. The number of nitrogens with two attached hydrogens (primary N) is 1. The molecule has 0 bridgehead atoms. The van der Waals surface area contributed by atoms with Crippen LogP contribution >= 0.6 is 0 Å². The molecule has 2 nitrogen and oxygen atoms in total. The van der Waals surface area contributed by atoms with E-state index in [-0.39, 0.29) is 6.04 Å². The number of ether oxygens (including phenoxy) is 1. The molecule has 0 saturated carbocycles. The Morgan fingerprint density at radius 2 is 1.55 bits per heavy atom. The van der Waals surface area contributed by atoms with Gasteiger partial charge < -0.3 is 10.5 Å². The number of rotatable bonds is 11. The number of hydrogen-bond acceptors (Lipinski definition) is 2. The van der Waals surface area contributed by atoms with Crippen molar-refractivity contribution in [1.29, 1.82) is 0 Å². The van der Waals surface area contributed by atoms with Crippen molar-refractivity contribution >= 4 is 0 Å². The van der Waals surface area contributed by atoms with Gasteiger partial charge in [0, 0.05) is 6.04 Å². The molecule has 1 unspecified atom stereocenters. The highest BCUT2D eigenvalue weighted by atomic mass is 16.5. The molecule has 1 aromatic carbocycles. The second-order valence-electron chi connectivity index (χ2n) is 5.58. The molecular formula is C18H31NO. The van der Waals surface area contributed by atoms with Crippen LogP contribution in [0.3, 0.4) is 0 Å². The molecule has 2 heteroatoms. The first-order valence-electron chi connectivity index (χ1n) is 8.26. The van der Waals surface area contributed by atoms with Crippen LogP contribution in [0, 0.1) is 0 Å². The van der Waals surface area contributed by atoms with Crippen LogP contribution in [-0.4, -0.2) is 6.61 Å². The molecule has 20 heavy (non-hydrogen) atoms. The second-order valence-corrected chi connectivity index (χ2v) is 5.58. The lowest BCUT2D eigenvalue weighted by atomic mass is 10.0. The lowest BCUT2D eigenvalue weighted by molar-refractivity contribution is 0.309. The molecule has 2 N–H and O–H groups in total. The Kier molecular flexibility index (Phi) is 9.14. The van der Waals surface area contributed by atoms with Gasteiger partial charge in [0.2, 0.25) is 0 Å². The summed E-state index contributed by atoms with van der Waals surface area (Å²) in [5.41, 5.74) is 7.47.